The van der Waals surface area contributed by atoms with Gasteiger partial charge in [-0.05, 0) is 24.2 Å². The van der Waals surface area contributed by atoms with Crippen LogP contribution in [0.4, 0.5) is 8.78 Å². The van der Waals surface area contributed by atoms with Crippen LogP contribution in [0.2, 0.25) is 0 Å². The standard InChI is InChI=1S/C11H14F2N2O/c1-2-15-10(6-11(14)16)7-3-4-8(12)9(13)5-7/h3-5,10,15H,2,6H2,1H3,(H2,14,16). The molecule has 0 fully saturated rings. The predicted molar refractivity (Wildman–Crippen MR) is 56.6 cm³/mol. The zero-order valence-electron chi connectivity index (χ0n) is 8.97. The van der Waals surface area contributed by atoms with Gasteiger partial charge in [0, 0.05) is 12.5 Å². The highest BCUT2D eigenvalue weighted by atomic mass is 19.2. The van der Waals surface area contributed by atoms with Crippen molar-refractivity contribution < 1.29 is 13.6 Å². The van der Waals surface area contributed by atoms with Gasteiger partial charge < -0.3 is 11.1 Å². The van der Waals surface area contributed by atoms with Crippen molar-refractivity contribution in [3.05, 3.63) is 35.4 Å². The van der Waals surface area contributed by atoms with Crippen molar-refractivity contribution in [2.45, 2.75) is 19.4 Å². The molecule has 0 saturated carbocycles. The minimum absolute atomic E-state index is 0.0545. The van der Waals surface area contributed by atoms with Gasteiger partial charge in [-0.25, -0.2) is 8.78 Å². The van der Waals surface area contributed by atoms with Gasteiger partial charge in [0.1, 0.15) is 0 Å². The summed E-state index contributed by atoms with van der Waals surface area (Å²) >= 11 is 0. The summed E-state index contributed by atoms with van der Waals surface area (Å²) in [5.74, 6) is -2.32. The van der Waals surface area contributed by atoms with E-state index >= 15 is 0 Å². The normalized spacial score (nSPS) is 12.4. The highest BCUT2D eigenvalue weighted by Gasteiger charge is 2.14. The number of halogens is 2. The molecule has 0 aliphatic rings. The summed E-state index contributed by atoms with van der Waals surface area (Å²) in [6.45, 7) is 2.46. The number of primary amides is 1. The Kier molecular flexibility index (Phi) is 4.37. The molecule has 0 aromatic heterocycles. The van der Waals surface area contributed by atoms with Gasteiger partial charge in [0.15, 0.2) is 11.6 Å². The Morgan fingerprint density at radius 1 is 1.44 bits per heavy atom. The van der Waals surface area contributed by atoms with Gasteiger partial charge >= 0.3 is 0 Å². The Bertz CT molecular complexity index is 382. The maximum atomic E-state index is 13.0. The smallest absolute Gasteiger partial charge is 0.219 e. The fourth-order valence-electron chi connectivity index (χ4n) is 1.48. The second-order valence-corrected chi connectivity index (χ2v) is 3.45. The Morgan fingerprint density at radius 2 is 2.12 bits per heavy atom. The molecule has 88 valence electrons. The van der Waals surface area contributed by atoms with Crippen LogP contribution in [0, 0.1) is 11.6 Å². The largest absolute Gasteiger partial charge is 0.370 e. The van der Waals surface area contributed by atoms with Crippen molar-refractivity contribution in [1.29, 1.82) is 0 Å². The molecule has 0 heterocycles. The summed E-state index contributed by atoms with van der Waals surface area (Å²) in [4.78, 5) is 10.8. The van der Waals surface area contributed by atoms with Crippen molar-refractivity contribution in [3.63, 3.8) is 0 Å². The quantitative estimate of drug-likeness (QED) is 0.802. The number of hydrogen-bond acceptors (Lipinski definition) is 2. The maximum Gasteiger partial charge on any atom is 0.219 e. The van der Waals surface area contributed by atoms with E-state index in [0.717, 1.165) is 12.1 Å². The number of carbonyl (C=O) groups is 1. The van der Waals surface area contributed by atoms with Gasteiger partial charge in [-0.1, -0.05) is 13.0 Å². The SMILES string of the molecule is CCNC(CC(N)=O)c1ccc(F)c(F)c1. The van der Waals surface area contributed by atoms with Gasteiger partial charge in [0.25, 0.3) is 0 Å². The van der Waals surface area contributed by atoms with Gasteiger partial charge in [0.2, 0.25) is 5.91 Å². The van der Waals surface area contributed by atoms with E-state index in [1.165, 1.54) is 6.07 Å². The van der Waals surface area contributed by atoms with Crippen LogP contribution in [0.25, 0.3) is 0 Å². The summed E-state index contributed by atoms with van der Waals surface area (Å²) in [5, 5.41) is 2.99. The van der Waals surface area contributed by atoms with E-state index in [9.17, 15) is 13.6 Å². The summed E-state index contributed by atoms with van der Waals surface area (Å²) in [6.07, 6.45) is 0.0545. The van der Waals surface area contributed by atoms with Crippen LogP contribution in [0.15, 0.2) is 18.2 Å². The monoisotopic (exact) mass is 228 g/mol. The van der Waals surface area contributed by atoms with Crippen LogP contribution in [0.3, 0.4) is 0 Å². The number of benzene rings is 1. The number of carbonyl (C=O) groups excluding carboxylic acids is 1. The third-order valence-electron chi connectivity index (χ3n) is 2.20. The molecule has 1 unspecified atom stereocenters. The number of amides is 1. The molecule has 5 heteroatoms. The van der Waals surface area contributed by atoms with Crippen LogP contribution in [-0.4, -0.2) is 12.5 Å². The fourth-order valence-corrected chi connectivity index (χ4v) is 1.48. The molecule has 0 bridgehead atoms. The third kappa shape index (κ3) is 3.27. The predicted octanol–water partition coefficient (Wildman–Crippen LogP) is 1.49. The molecule has 3 N–H and O–H groups in total. The molecule has 0 spiro atoms. The Morgan fingerprint density at radius 3 is 2.62 bits per heavy atom. The third-order valence-corrected chi connectivity index (χ3v) is 2.20. The van der Waals surface area contributed by atoms with E-state index in [-0.39, 0.29) is 12.5 Å². The van der Waals surface area contributed by atoms with Crippen molar-refractivity contribution in [1.82, 2.24) is 5.32 Å². The molecule has 1 aromatic carbocycles. The fraction of sp³-hybridized carbons (Fsp3) is 0.364. The minimum Gasteiger partial charge on any atom is -0.370 e. The van der Waals surface area contributed by atoms with Crippen molar-refractivity contribution in [3.8, 4) is 0 Å². The summed E-state index contributed by atoms with van der Waals surface area (Å²) in [5.41, 5.74) is 5.60. The summed E-state index contributed by atoms with van der Waals surface area (Å²) in [6, 6.07) is 3.17. The van der Waals surface area contributed by atoms with E-state index in [1.807, 2.05) is 6.92 Å². The molecule has 3 nitrogen and oxygen atoms in total. The zero-order chi connectivity index (χ0) is 12.1. The summed E-state index contributed by atoms with van der Waals surface area (Å²) < 4.78 is 25.7. The molecular formula is C11H14F2N2O. The highest BCUT2D eigenvalue weighted by Crippen LogP contribution is 2.18. The van der Waals surface area contributed by atoms with E-state index < -0.39 is 17.5 Å². The molecule has 1 aromatic rings. The van der Waals surface area contributed by atoms with Crippen LogP contribution in [0.5, 0.6) is 0 Å². The lowest BCUT2D eigenvalue weighted by Gasteiger charge is -2.16. The first-order valence-corrected chi connectivity index (χ1v) is 5.01. The average molecular weight is 228 g/mol. The molecule has 1 amide bonds. The zero-order valence-corrected chi connectivity index (χ0v) is 8.97. The van der Waals surface area contributed by atoms with E-state index in [4.69, 9.17) is 5.73 Å². The average Bonchev–Trinajstić information content (AvgIpc) is 2.21. The molecule has 1 rings (SSSR count). The maximum absolute atomic E-state index is 13.0. The second kappa shape index (κ2) is 5.55. The van der Waals surface area contributed by atoms with E-state index in [1.54, 1.807) is 0 Å². The molecule has 0 aliphatic carbocycles. The van der Waals surface area contributed by atoms with Gasteiger partial charge in [0.05, 0.1) is 0 Å². The molecule has 16 heavy (non-hydrogen) atoms. The van der Waals surface area contributed by atoms with Crippen molar-refractivity contribution in [2.75, 3.05) is 6.54 Å². The van der Waals surface area contributed by atoms with Crippen molar-refractivity contribution in [2.24, 2.45) is 5.73 Å². The number of rotatable bonds is 5. The highest BCUT2D eigenvalue weighted by molar-refractivity contribution is 5.74. The van der Waals surface area contributed by atoms with Crippen molar-refractivity contribution >= 4 is 5.91 Å². The molecule has 1 atom stereocenters. The number of hydrogen-bond donors (Lipinski definition) is 2. The van der Waals surface area contributed by atoms with Gasteiger partial charge in [-0.2, -0.15) is 0 Å². The lowest BCUT2D eigenvalue weighted by molar-refractivity contribution is -0.118. The van der Waals surface area contributed by atoms with Crippen LogP contribution in [0.1, 0.15) is 24.9 Å². The van der Waals surface area contributed by atoms with Crippen LogP contribution in [-0.2, 0) is 4.79 Å². The van der Waals surface area contributed by atoms with Crippen LogP contribution < -0.4 is 11.1 Å². The van der Waals surface area contributed by atoms with Crippen LogP contribution >= 0.6 is 0 Å². The first-order valence-electron chi connectivity index (χ1n) is 5.01. The number of nitrogens with two attached hydrogens (primary N) is 1. The molecular weight excluding hydrogens is 214 g/mol. The molecule has 0 saturated heterocycles. The lowest BCUT2D eigenvalue weighted by Crippen LogP contribution is -2.26. The first-order chi connectivity index (χ1) is 7.54. The van der Waals surface area contributed by atoms with E-state index in [0.29, 0.717) is 12.1 Å². The first kappa shape index (κ1) is 12.6. The Balaban J connectivity index is 2.91. The second-order valence-electron chi connectivity index (χ2n) is 3.45. The Labute approximate surface area is 92.6 Å². The lowest BCUT2D eigenvalue weighted by atomic mass is 10.0. The van der Waals surface area contributed by atoms with Gasteiger partial charge in [-0.3, -0.25) is 4.79 Å². The molecule has 0 aliphatic heterocycles. The van der Waals surface area contributed by atoms with Gasteiger partial charge in [-0.15, -0.1) is 0 Å². The minimum atomic E-state index is -0.926. The molecule has 0 radical (unpaired) electrons. The topological polar surface area (TPSA) is 55.1 Å². The van der Waals surface area contributed by atoms with E-state index in [2.05, 4.69) is 5.32 Å². The summed E-state index contributed by atoms with van der Waals surface area (Å²) in [7, 11) is 0. The Hall–Kier alpha value is -1.49. The number of nitrogens with one attached hydrogen (secondary N) is 1.